The minimum absolute atomic E-state index is 0.0689. The minimum Gasteiger partial charge on any atom is -0.379 e. The van der Waals surface area contributed by atoms with Crippen LogP contribution in [0.2, 0.25) is 0 Å². The van der Waals surface area contributed by atoms with Gasteiger partial charge in [-0.1, -0.05) is 25.0 Å². The zero-order chi connectivity index (χ0) is 19.6. The zero-order valence-electron chi connectivity index (χ0n) is 16.1. The maximum absolute atomic E-state index is 12.7. The van der Waals surface area contributed by atoms with Crippen LogP contribution >= 0.6 is 0 Å². The van der Waals surface area contributed by atoms with E-state index >= 15 is 0 Å². The third-order valence-electron chi connectivity index (χ3n) is 6.20. The van der Waals surface area contributed by atoms with Gasteiger partial charge >= 0.3 is 0 Å². The molecular formula is C21H28N2O4S. The Morgan fingerprint density at radius 1 is 1.00 bits per heavy atom. The normalized spacial score (nSPS) is 26.5. The van der Waals surface area contributed by atoms with Crippen molar-refractivity contribution in [1.29, 1.82) is 0 Å². The first-order chi connectivity index (χ1) is 13.6. The molecule has 0 bridgehead atoms. The minimum atomic E-state index is -3.48. The predicted molar refractivity (Wildman–Crippen MR) is 107 cm³/mol. The Kier molecular flexibility index (Phi) is 5.85. The van der Waals surface area contributed by atoms with Crippen LogP contribution < -0.4 is 0 Å². The number of morpholine rings is 1. The van der Waals surface area contributed by atoms with Gasteiger partial charge in [-0.2, -0.15) is 4.31 Å². The molecule has 2 heterocycles. The van der Waals surface area contributed by atoms with E-state index in [2.05, 4.69) is 0 Å². The smallest absolute Gasteiger partial charge is 0.246 e. The summed E-state index contributed by atoms with van der Waals surface area (Å²) in [5.41, 5.74) is 0.827. The predicted octanol–water partition coefficient (Wildman–Crippen LogP) is 2.51. The molecule has 6 nitrogen and oxygen atoms in total. The lowest BCUT2D eigenvalue weighted by atomic mass is 9.85. The second-order valence-corrected chi connectivity index (χ2v) is 9.79. The highest BCUT2D eigenvalue weighted by atomic mass is 32.2. The molecule has 2 saturated heterocycles. The van der Waals surface area contributed by atoms with Gasteiger partial charge in [0.25, 0.3) is 0 Å². The molecule has 3 fully saturated rings. The second kappa shape index (κ2) is 8.35. The SMILES string of the molecule is O=C(/C=C/c1ccc(S(=O)(=O)N2CCOCC2)cc1)N1CCC2CCCCC21. The van der Waals surface area contributed by atoms with Crippen LogP contribution in [-0.2, 0) is 19.6 Å². The zero-order valence-corrected chi connectivity index (χ0v) is 16.9. The van der Waals surface area contributed by atoms with E-state index in [0.717, 1.165) is 24.9 Å². The van der Waals surface area contributed by atoms with Gasteiger partial charge < -0.3 is 9.64 Å². The molecular weight excluding hydrogens is 376 g/mol. The van der Waals surface area contributed by atoms with Crippen LogP contribution in [0, 0.1) is 5.92 Å². The number of rotatable bonds is 4. The Bertz CT molecular complexity index is 828. The fourth-order valence-corrected chi connectivity index (χ4v) is 6.04. The summed E-state index contributed by atoms with van der Waals surface area (Å²) in [5.74, 6) is 0.746. The summed E-state index contributed by atoms with van der Waals surface area (Å²) in [6, 6.07) is 7.14. The quantitative estimate of drug-likeness (QED) is 0.723. The van der Waals surface area contributed by atoms with Gasteiger partial charge in [-0.25, -0.2) is 8.42 Å². The van der Waals surface area contributed by atoms with E-state index in [1.54, 1.807) is 36.4 Å². The Morgan fingerprint density at radius 3 is 2.46 bits per heavy atom. The molecule has 1 aromatic rings. The van der Waals surface area contributed by atoms with E-state index in [9.17, 15) is 13.2 Å². The molecule has 2 aliphatic heterocycles. The molecule has 1 aromatic carbocycles. The van der Waals surface area contributed by atoms with Crippen LogP contribution in [0.4, 0.5) is 0 Å². The van der Waals surface area contributed by atoms with Gasteiger partial charge in [0.2, 0.25) is 15.9 Å². The number of carbonyl (C=O) groups excluding carboxylic acids is 1. The Hall–Kier alpha value is -1.70. The Balaban J connectivity index is 1.41. The molecule has 152 valence electrons. The van der Waals surface area contributed by atoms with Crippen molar-refractivity contribution in [1.82, 2.24) is 9.21 Å². The highest BCUT2D eigenvalue weighted by Gasteiger charge is 2.37. The first-order valence-electron chi connectivity index (χ1n) is 10.2. The van der Waals surface area contributed by atoms with Gasteiger partial charge in [0.05, 0.1) is 18.1 Å². The largest absolute Gasteiger partial charge is 0.379 e. The number of hydrogen-bond donors (Lipinski definition) is 0. The molecule has 2 atom stereocenters. The monoisotopic (exact) mass is 404 g/mol. The number of nitrogens with zero attached hydrogens (tertiary/aromatic N) is 2. The fourth-order valence-electron chi connectivity index (χ4n) is 4.63. The van der Waals surface area contributed by atoms with Crippen molar-refractivity contribution in [3.05, 3.63) is 35.9 Å². The number of sulfonamides is 1. The number of likely N-dealkylation sites (tertiary alicyclic amines) is 1. The summed E-state index contributed by atoms with van der Waals surface area (Å²) in [4.78, 5) is 14.9. The maximum atomic E-state index is 12.7. The third-order valence-corrected chi connectivity index (χ3v) is 8.11. The number of amides is 1. The van der Waals surface area contributed by atoms with Gasteiger partial charge in [0.1, 0.15) is 0 Å². The molecule has 1 aliphatic carbocycles. The summed E-state index contributed by atoms with van der Waals surface area (Å²) in [6.45, 7) is 2.49. The van der Waals surface area contributed by atoms with E-state index in [-0.39, 0.29) is 10.8 Å². The average molecular weight is 405 g/mol. The van der Waals surface area contributed by atoms with Gasteiger partial charge in [0, 0.05) is 31.8 Å². The van der Waals surface area contributed by atoms with Crippen molar-refractivity contribution in [2.75, 3.05) is 32.8 Å². The van der Waals surface area contributed by atoms with Gasteiger partial charge in [-0.15, -0.1) is 0 Å². The maximum Gasteiger partial charge on any atom is 0.246 e. The topological polar surface area (TPSA) is 66.9 Å². The number of hydrogen-bond acceptors (Lipinski definition) is 4. The molecule has 0 N–H and O–H groups in total. The van der Waals surface area contributed by atoms with Crippen molar-refractivity contribution >= 4 is 22.0 Å². The lowest BCUT2D eigenvalue weighted by Gasteiger charge is -2.31. The fraction of sp³-hybridized carbons (Fsp3) is 0.571. The molecule has 2 unspecified atom stereocenters. The Morgan fingerprint density at radius 2 is 1.71 bits per heavy atom. The van der Waals surface area contributed by atoms with Crippen LogP contribution in [-0.4, -0.2) is 62.4 Å². The van der Waals surface area contributed by atoms with E-state index in [4.69, 9.17) is 4.74 Å². The van der Waals surface area contributed by atoms with Crippen molar-refractivity contribution < 1.29 is 17.9 Å². The Labute approximate surface area is 167 Å². The van der Waals surface area contributed by atoms with Crippen LogP contribution in [0.3, 0.4) is 0 Å². The van der Waals surface area contributed by atoms with E-state index in [1.807, 2.05) is 4.90 Å². The highest BCUT2D eigenvalue weighted by molar-refractivity contribution is 7.89. The van der Waals surface area contributed by atoms with E-state index in [0.29, 0.717) is 38.3 Å². The average Bonchev–Trinajstić information content (AvgIpc) is 3.17. The lowest BCUT2D eigenvalue weighted by Crippen LogP contribution is -2.40. The number of benzene rings is 1. The molecule has 1 saturated carbocycles. The molecule has 7 heteroatoms. The van der Waals surface area contributed by atoms with E-state index < -0.39 is 10.0 Å². The van der Waals surface area contributed by atoms with Crippen molar-refractivity contribution in [3.63, 3.8) is 0 Å². The summed E-state index contributed by atoms with van der Waals surface area (Å²) >= 11 is 0. The second-order valence-electron chi connectivity index (χ2n) is 7.85. The van der Waals surface area contributed by atoms with Gasteiger partial charge in [0.15, 0.2) is 0 Å². The standard InChI is InChI=1S/C21H28N2O4S/c24-21(23-12-11-18-3-1-2-4-20(18)23)10-7-17-5-8-19(9-6-17)28(25,26)22-13-15-27-16-14-22/h5-10,18,20H,1-4,11-16H2/b10-7+. The third kappa shape index (κ3) is 4.02. The number of fused-ring (bicyclic) bond motifs is 1. The molecule has 0 aromatic heterocycles. The van der Waals surface area contributed by atoms with Crippen molar-refractivity contribution in [2.45, 2.75) is 43.0 Å². The van der Waals surface area contributed by atoms with Crippen molar-refractivity contribution in [2.24, 2.45) is 5.92 Å². The first-order valence-corrected chi connectivity index (χ1v) is 11.7. The molecule has 3 aliphatic rings. The van der Waals surface area contributed by atoms with Crippen LogP contribution in [0.25, 0.3) is 6.08 Å². The van der Waals surface area contributed by atoms with Gasteiger partial charge in [-0.05, 0) is 49.0 Å². The summed E-state index contributed by atoms with van der Waals surface area (Å²) < 4.78 is 32.0. The molecule has 4 rings (SSSR count). The molecule has 0 spiro atoms. The van der Waals surface area contributed by atoms with Crippen LogP contribution in [0.1, 0.15) is 37.7 Å². The first kappa shape index (κ1) is 19.6. The van der Waals surface area contributed by atoms with Crippen LogP contribution in [0.5, 0.6) is 0 Å². The van der Waals surface area contributed by atoms with E-state index in [1.165, 1.54) is 23.6 Å². The lowest BCUT2D eigenvalue weighted by molar-refractivity contribution is -0.127. The summed E-state index contributed by atoms with van der Waals surface area (Å²) in [7, 11) is -3.48. The number of carbonyl (C=O) groups is 1. The highest BCUT2D eigenvalue weighted by Crippen LogP contribution is 2.36. The van der Waals surface area contributed by atoms with Gasteiger partial charge in [-0.3, -0.25) is 4.79 Å². The molecule has 0 radical (unpaired) electrons. The molecule has 1 amide bonds. The summed E-state index contributed by atoms with van der Waals surface area (Å²) in [5, 5.41) is 0. The van der Waals surface area contributed by atoms with Crippen LogP contribution in [0.15, 0.2) is 35.2 Å². The molecule has 28 heavy (non-hydrogen) atoms. The number of ether oxygens (including phenoxy) is 1. The van der Waals surface area contributed by atoms with Crippen molar-refractivity contribution in [3.8, 4) is 0 Å². The summed E-state index contributed by atoms with van der Waals surface area (Å²) in [6.07, 6.45) is 9.41.